The molecular weight excluding hydrogens is 230 g/mol. The lowest BCUT2D eigenvalue weighted by atomic mass is 10.1. The molecule has 87 valence electrons. The van der Waals surface area contributed by atoms with Crippen molar-refractivity contribution in [1.82, 2.24) is 4.98 Å². The van der Waals surface area contributed by atoms with Gasteiger partial charge in [-0.15, -0.1) is 0 Å². The van der Waals surface area contributed by atoms with Gasteiger partial charge in [0.25, 0.3) is 9.84 Å². The SMILES string of the molecule is NCC[CH]c1ccnc(S(=O)(=O)C(N)=O)c1. The van der Waals surface area contributed by atoms with Crippen LogP contribution in [0.15, 0.2) is 23.4 Å². The fourth-order valence-corrected chi connectivity index (χ4v) is 1.75. The second-order valence-electron chi connectivity index (χ2n) is 3.03. The first kappa shape index (κ1) is 12.6. The van der Waals surface area contributed by atoms with E-state index in [0.717, 1.165) is 0 Å². The summed E-state index contributed by atoms with van der Waals surface area (Å²) in [6.45, 7) is 0.459. The molecule has 4 N–H and O–H groups in total. The maximum absolute atomic E-state index is 11.4. The highest BCUT2D eigenvalue weighted by Gasteiger charge is 2.23. The molecule has 16 heavy (non-hydrogen) atoms. The first-order chi connectivity index (χ1) is 7.48. The third-order valence-electron chi connectivity index (χ3n) is 1.85. The number of carbonyl (C=O) groups is 1. The molecule has 0 saturated heterocycles. The molecule has 6 nitrogen and oxygen atoms in total. The monoisotopic (exact) mass is 242 g/mol. The van der Waals surface area contributed by atoms with Crippen molar-refractivity contribution in [1.29, 1.82) is 0 Å². The van der Waals surface area contributed by atoms with Gasteiger partial charge in [0.1, 0.15) is 0 Å². The Labute approximate surface area is 93.6 Å². The van der Waals surface area contributed by atoms with Crippen molar-refractivity contribution < 1.29 is 13.2 Å². The summed E-state index contributed by atoms with van der Waals surface area (Å²) < 4.78 is 22.8. The smallest absolute Gasteiger partial charge is 0.340 e. The van der Waals surface area contributed by atoms with Crippen molar-refractivity contribution in [3.63, 3.8) is 0 Å². The zero-order valence-corrected chi connectivity index (χ0v) is 9.28. The average Bonchev–Trinajstić information content (AvgIpc) is 2.26. The normalized spacial score (nSPS) is 11.3. The molecule has 0 aromatic carbocycles. The fourth-order valence-electron chi connectivity index (χ4n) is 1.05. The minimum absolute atomic E-state index is 0.342. The predicted molar refractivity (Wildman–Crippen MR) is 58.1 cm³/mol. The Balaban J connectivity index is 3.03. The second-order valence-corrected chi connectivity index (χ2v) is 4.86. The average molecular weight is 242 g/mol. The number of nitrogens with two attached hydrogens (primary N) is 2. The largest absolute Gasteiger partial charge is 0.356 e. The van der Waals surface area contributed by atoms with E-state index in [9.17, 15) is 13.2 Å². The number of aromatic nitrogens is 1. The van der Waals surface area contributed by atoms with Crippen molar-refractivity contribution in [2.75, 3.05) is 6.54 Å². The number of primary amides is 1. The number of hydrogen-bond acceptors (Lipinski definition) is 5. The minimum atomic E-state index is -4.15. The van der Waals surface area contributed by atoms with Crippen LogP contribution in [-0.2, 0) is 9.84 Å². The van der Waals surface area contributed by atoms with Crippen molar-refractivity contribution in [2.45, 2.75) is 11.4 Å². The summed E-state index contributed by atoms with van der Waals surface area (Å²) >= 11 is 0. The molecule has 0 fully saturated rings. The molecule has 1 rings (SSSR count). The van der Waals surface area contributed by atoms with Crippen molar-refractivity contribution in [3.05, 3.63) is 30.3 Å². The molecule has 0 saturated carbocycles. The zero-order chi connectivity index (χ0) is 12.2. The summed E-state index contributed by atoms with van der Waals surface area (Å²) in [6.07, 6.45) is 3.67. The first-order valence-electron chi connectivity index (χ1n) is 4.52. The molecule has 7 heteroatoms. The Morgan fingerprint density at radius 2 is 2.19 bits per heavy atom. The lowest BCUT2D eigenvalue weighted by Gasteiger charge is -2.02. The van der Waals surface area contributed by atoms with Crippen LogP contribution in [0, 0.1) is 6.42 Å². The van der Waals surface area contributed by atoms with Crippen LogP contribution in [0.4, 0.5) is 4.79 Å². The van der Waals surface area contributed by atoms with Gasteiger partial charge in [-0.2, -0.15) is 0 Å². The van der Waals surface area contributed by atoms with Crippen LogP contribution in [0.2, 0.25) is 0 Å². The molecular formula is C9H12N3O3S. The fraction of sp³-hybridized carbons (Fsp3) is 0.222. The van der Waals surface area contributed by atoms with E-state index >= 15 is 0 Å². The second kappa shape index (κ2) is 5.04. The molecule has 1 aromatic rings. The molecule has 0 aliphatic heterocycles. The van der Waals surface area contributed by atoms with Gasteiger partial charge in [0.15, 0.2) is 5.03 Å². The lowest BCUT2D eigenvalue weighted by molar-refractivity contribution is 0.265. The van der Waals surface area contributed by atoms with Crippen LogP contribution in [0.25, 0.3) is 0 Å². The Morgan fingerprint density at radius 1 is 1.50 bits per heavy atom. The third-order valence-corrected chi connectivity index (χ3v) is 3.15. The molecule has 1 amide bonds. The van der Waals surface area contributed by atoms with Gasteiger partial charge >= 0.3 is 5.24 Å². The zero-order valence-electron chi connectivity index (χ0n) is 8.46. The molecule has 1 radical (unpaired) electrons. The van der Waals surface area contributed by atoms with E-state index in [1.165, 1.54) is 12.3 Å². The van der Waals surface area contributed by atoms with Crippen LogP contribution in [-0.4, -0.2) is 25.2 Å². The van der Waals surface area contributed by atoms with Gasteiger partial charge in [0.2, 0.25) is 0 Å². The first-order valence-corrected chi connectivity index (χ1v) is 6.00. The molecule has 0 atom stereocenters. The highest BCUT2D eigenvalue weighted by molar-refractivity contribution is 8.05. The highest BCUT2D eigenvalue weighted by atomic mass is 32.2. The van der Waals surface area contributed by atoms with Gasteiger partial charge in [-0.05, 0) is 37.1 Å². The van der Waals surface area contributed by atoms with E-state index in [0.29, 0.717) is 18.5 Å². The number of hydrogen-bond donors (Lipinski definition) is 2. The molecule has 1 heterocycles. The van der Waals surface area contributed by atoms with Crippen LogP contribution >= 0.6 is 0 Å². The Kier molecular flexibility index (Phi) is 3.97. The van der Waals surface area contributed by atoms with E-state index < -0.39 is 15.1 Å². The number of nitrogens with zero attached hydrogens (tertiary/aromatic N) is 1. The standard InChI is InChI=1S/C9H12N3O3S/c10-4-1-2-7-3-5-12-8(6-7)16(14,15)9(11)13/h2-3,5-6H,1,4,10H2,(H2,11,13). The van der Waals surface area contributed by atoms with E-state index in [4.69, 9.17) is 11.5 Å². The Hall–Kier alpha value is -1.47. The molecule has 0 aliphatic carbocycles. The van der Waals surface area contributed by atoms with Gasteiger partial charge in [-0.25, -0.2) is 13.4 Å². The van der Waals surface area contributed by atoms with Crippen LogP contribution in [0.1, 0.15) is 12.0 Å². The number of pyridine rings is 1. The Morgan fingerprint density at radius 3 is 2.75 bits per heavy atom. The van der Waals surface area contributed by atoms with Gasteiger partial charge in [0.05, 0.1) is 0 Å². The maximum atomic E-state index is 11.4. The van der Waals surface area contributed by atoms with E-state index in [-0.39, 0.29) is 5.03 Å². The minimum Gasteiger partial charge on any atom is -0.356 e. The van der Waals surface area contributed by atoms with Crippen molar-refractivity contribution in [3.8, 4) is 0 Å². The van der Waals surface area contributed by atoms with Crippen molar-refractivity contribution in [2.24, 2.45) is 11.5 Å². The number of amides is 1. The summed E-state index contributed by atoms with van der Waals surface area (Å²) in [5.41, 5.74) is 10.7. The summed E-state index contributed by atoms with van der Waals surface area (Å²) in [5.74, 6) is 0. The van der Waals surface area contributed by atoms with Crippen LogP contribution < -0.4 is 11.5 Å². The van der Waals surface area contributed by atoms with Gasteiger partial charge < -0.3 is 11.5 Å². The van der Waals surface area contributed by atoms with E-state index in [1.807, 2.05) is 0 Å². The molecule has 1 aromatic heterocycles. The maximum Gasteiger partial charge on any atom is 0.340 e. The highest BCUT2D eigenvalue weighted by Crippen LogP contribution is 2.12. The molecule has 0 spiro atoms. The quantitative estimate of drug-likeness (QED) is 0.760. The number of sulfone groups is 1. The molecule has 0 bridgehead atoms. The number of carbonyl (C=O) groups excluding carboxylic acids is 1. The van der Waals surface area contributed by atoms with Crippen molar-refractivity contribution >= 4 is 15.1 Å². The van der Waals surface area contributed by atoms with Gasteiger partial charge in [-0.1, -0.05) is 0 Å². The van der Waals surface area contributed by atoms with Crippen LogP contribution in [0.3, 0.4) is 0 Å². The van der Waals surface area contributed by atoms with Crippen LogP contribution in [0.5, 0.6) is 0 Å². The molecule has 0 unspecified atom stereocenters. The third kappa shape index (κ3) is 2.77. The lowest BCUT2D eigenvalue weighted by Crippen LogP contribution is -2.22. The predicted octanol–water partition coefficient (Wildman–Crippen LogP) is -0.165. The van der Waals surface area contributed by atoms with Gasteiger partial charge in [0, 0.05) is 6.20 Å². The van der Waals surface area contributed by atoms with E-state index in [1.54, 1.807) is 12.5 Å². The Bertz CT molecular complexity index is 485. The number of rotatable bonds is 4. The molecule has 0 aliphatic rings. The topological polar surface area (TPSA) is 116 Å². The summed E-state index contributed by atoms with van der Waals surface area (Å²) in [6, 6.07) is 2.91. The van der Waals surface area contributed by atoms with Gasteiger partial charge in [-0.3, -0.25) is 4.79 Å². The summed E-state index contributed by atoms with van der Waals surface area (Å²) in [7, 11) is -4.15. The summed E-state index contributed by atoms with van der Waals surface area (Å²) in [4.78, 5) is 14.3. The van der Waals surface area contributed by atoms with E-state index in [2.05, 4.69) is 4.98 Å². The summed E-state index contributed by atoms with van der Waals surface area (Å²) in [5, 5.41) is -1.75.